The number of amides is 3. The Labute approximate surface area is 204 Å². The molecule has 1 aromatic carbocycles. The van der Waals surface area contributed by atoms with E-state index in [2.05, 4.69) is 33.6 Å². The number of carbonyl (C=O) groups excluding carboxylic acids is 3. The molecule has 3 amide bonds. The number of H-pyrrole nitrogens is 1. The van der Waals surface area contributed by atoms with Crippen molar-refractivity contribution in [2.45, 2.75) is 37.0 Å². The second kappa shape index (κ2) is 12.7. The van der Waals surface area contributed by atoms with Crippen LogP contribution in [-0.4, -0.2) is 86.5 Å². The summed E-state index contributed by atoms with van der Waals surface area (Å²) in [6, 6.07) is 1.51. The number of carboxylic acids is 2. The van der Waals surface area contributed by atoms with E-state index in [-0.39, 0.29) is 12.2 Å². The molecule has 0 fully saturated rings. The van der Waals surface area contributed by atoms with E-state index in [1.165, 1.54) is 0 Å². The summed E-state index contributed by atoms with van der Waals surface area (Å²) >= 11 is 3.90. The van der Waals surface area contributed by atoms with Gasteiger partial charge in [-0.15, -0.1) is 0 Å². The van der Waals surface area contributed by atoms with Gasteiger partial charge in [-0.1, -0.05) is 18.2 Å². The van der Waals surface area contributed by atoms with E-state index in [4.69, 9.17) is 10.8 Å². The number of rotatable bonds is 13. The van der Waals surface area contributed by atoms with Gasteiger partial charge in [0, 0.05) is 29.3 Å². The van der Waals surface area contributed by atoms with Crippen molar-refractivity contribution < 1.29 is 39.3 Å². The van der Waals surface area contributed by atoms with Gasteiger partial charge in [-0.2, -0.15) is 12.6 Å². The Bertz CT molecular complexity index is 1090. The lowest BCUT2D eigenvalue weighted by Gasteiger charge is -2.24. The van der Waals surface area contributed by atoms with Gasteiger partial charge in [0.15, 0.2) is 0 Å². The number of aliphatic hydroxyl groups is 1. The summed E-state index contributed by atoms with van der Waals surface area (Å²) in [4.78, 5) is 63.2. The first-order valence-electron chi connectivity index (χ1n) is 10.4. The number of carbonyl (C=O) groups is 5. The van der Waals surface area contributed by atoms with Crippen LogP contribution in [0.4, 0.5) is 0 Å². The molecule has 0 aliphatic rings. The molecule has 14 heteroatoms. The number of para-hydroxylation sites is 1. The Morgan fingerprint density at radius 3 is 2.14 bits per heavy atom. The smallest absolute Gasteiger partial charge is 0.326 e. The summed E-state index contributed by atoms with van der Waals surface area (Å²) in [7, 11) is 0. The zero-order valence-electron chi connectivity index (χ0n) is 18.4. The van der Waals surface area contributed by atoms with Crippen molar-refractivity contribution in [1.29, 1.82) is 0 Å². The lowest BCUT2D eigenvalue weighted by molar-refractivity contribution is -0.147. The number of hydrogen-bond donors (Lipinski definition) is 9. The second-order valence-corrected chi connectivity index (χ2v) is 8.02. The molecule has 1 heterocycles. The molecule has 0 radical (unpaired) electrons. The maximum absolute atomic E-state index is 13.0. The van der Waals surface area contributed by atoms with Gasteiger partial charge in [-0.05, 0) is 11.6 Å². The SMILES string of the molecule is NC(CS)C(=O)NC(CO)C(=O)NC(Cc1c[nH]c2ccccc12)C(=O)NC(CC(=O)O)C(=O)O. The van der Waals surface area contributed by atoms with E-state index in [9.17, 15) is 34.2 Å². The lowest BCUT2D eigenvalue weighted by Crippen LogP contribution is -2.58. The van der Waals surface area contributed by atoms with Crippen molar-refractivity contribution in [3.8, 4) is 0 Å². The predicted molar refractivity (Wildman–Crippen MR) is 127 cm³/mol. The van der Waals surface area contributed by atoms with Gasteiger partial charge >= 0.3 is 11.9 Å². The number of nitrogens with two attached hydrogens (primary N) is 1. The van der Waals surface area contributed by atoms with Gasteiger partial charge in [-0.25, -0.2) is 4.79 Å². The van der Waals surface area contributed by atoms with Gasteiger partial charge in [-0.3, -0.25) is 19.2 Å². The number of aliphatic carboxylic acids is 2. The molecule has 2 aromatic rings. The molecule has 0 spiro atoms. The zero-order valence-corrected chi connectivity index (χ0v) is 19.3. The Morgan fingerprint density at radius 1 is 0.943 bits per heavy atom. The maximum Gasteiger partial charge on any atom is 0.326 e. The molecule has 9 N–H and O–H groups in total. The summed E-state index contributed by atoms with van der Waals surface area (Å²) in [5.41, 5.74) is 6.92. The molecule has 35 heavy (non-hydrogen) atoms. The van der Waals surface area contributed by atoms with Crippen LogP contribution in [0.3, 0.4) is 0 Å². The van der Waals surface area contributed by atoms with Crippen molar-refractivity contribution in [3.63, 3.8) is 0 Å². The molecule has 2 rings (SSSR count). The molecule has 1 aromatic heterocycles. The van der Waals surface area contributed by atoms with Crippen LogP contribution in [0, 0.1) is 0 Å². The lowest BCUT2D eigenvalue weighted by atomic mass is 10.0. The monoisotopic (exact) mass is 509 g/mol. The molecular formula is C21H27N5O8S. The minimum Gasteiger partial charge on any atom is -0.481 e. The van der Waals surface area contributed by atoms with E-state index in [0.717, 1.165) is 10.9 Å². The van der Waals surface area contributed by atoms with Gasteiger partial charge in [0.1, 0.15) is 18.1 Å². The largest absolute Gasteiger partial charge is 0.481 e. The van der Waals surface area contributed by atoms with Crippen LogP contribution >= 0.6 is 12.6 Å². The van der Waals surface area contributed by atoms with E-state index in [1.807, 2.05) is 0 Å². The van der Waals surface area contributed by atoms with Crippen molar-refractivity contribution in [2.75, 3.05) is 12.4 Å². The third kappa shape index (κ3) is 7.70. The highest BCUT2D eigenvalue weighted by Gasteiger charge is 2.31. The Hall–Kier alpha value is -3.62. The Kier molecular flexibility index (Phi) is 10.1. The topological polar surface area (TPSA) is 224 Å². The first kappa shape index (κ1) is 27.6. The highest BCUT2D eigenvalue weighted by atomic mass is 32.1. The van der Waals surface area contributed by atoms with Gasteiger partial charge in [0.2, 0.25) is 17.7 Å². The van der Waals surface area contributed by atoms with Crippen LogP contribution in [0.1, 0.15) is 12.0 Å². The molecular weight excluding hydrogens is 482 g/mol. The molecule has 0 aliphatic heterocycles. The van der Waals surface area contributed by atoms with Gasteiger partial charge in [0.05, 0.1) is 19.1 Å². The minimum atomic E-state index is -1.75. The summed E-state index contributed by atoms with van der Waals surface area (Å²) in [5, 5.41) is 35.3. The normalized spacial score (nSPS) is 14.4. The Balaban J connectivity index is 2.28. The highest BCUT2D eigenvalue weighted by molar-refractivity contribution is 7.80. The van der Waals surface area contributed by atoms with Crippen LogP contribution in [0.15, 0.2) is 30.5 Å². The second-order valence-electron chi connectivity index (χ2n) is 7.65. The summed E-state index contributed by atoms with van der Waals surface area (Å²) in [5.74, 6) is -5.68. The van der Waals surface area contributed by atoms with Crippen LogP contribution in [0.5, 0.6) is 0 Å². The van der Waals surface area contributed by atoms with Crippen LogP contribution in [0.2, 0.25) is 0 Å². The highest BCUT2D eigenvalue weighted by Crippen LogP contribution is 2.19. The average molecular weight is 510 g/mol. The van der Waals surface area contributed by atoms with Crippen LogP contribution < -0.4 is 21.7 Å². The number of aromatic amines is 1. The number of aromatic nitrogens is 1. The average Bonchev–Trinajstić information content (AvgIpc) is 3.23. The fourth-order valence-electron chi connectivity index (χ4n) is 3.20. The fourth-order valence-corrected chi connectivity index (χ4v) is 3.37. The predicted octanol–water partition coefficient (Wildman–Crippen LogP) is -2.03. The quantitative estimate of drug-likeness (QED) is 0.136. The number of hydrogen-bond acceptors (Lipinski definition) is 8. The number of fused-ring (bicyclic) bond motifs is 1. The van der Waals surface area contributed by atoms with E-state index >= 15 is 0 Å². The third-order valence-corrected chi connectivity index (χ3v) is 5.47. The molecule has 4 atom stereocenters. The zero-order chi connectivity index (χ0) is 26.1. The molecule has 13 nitrogen and oxygen atoms in total. The first-order valence-corrected chi connectivity index (χ1v) is 11.1. The van der Waals surface area contributed by atoms with Gasteiger partial charge in [0.25, 0.3) is 0 Å². The molecule has 0 saturated carbocycles. The summed E-state index contributed by atoms with van der Waals surface area (Å²) in [6.45, 7) is -0.810. The number of aliphatic hydroxyl groups excluding tert-OH is 1. The fraction of sp³-hybridized carbons (Fsp3) is 0.381. The van der Waals surface area contributed by atoms with Crippen LogP contribution in [-0.2, 0) is 30.4 Å². The van der Waals surface area contributed by atoms with Crippen molar-refractivity contribution >= 4 is 53.2 Å². The molecule has 0 aliphatic carbocycles. The summed E-state index contributed by atoms with van der Waals surface area (Å²) < 4.78 is 0. The van der Waals surface area contributed by atoms with Crippen molar-refractivity contribution in [2.24, 2.45) is 5.73 Å². The number of carboxylic acid groups (broad SMARTS) is 2. The Morgan fingerprint density at radius 2 is 1.54 bits per heavy atom. The number of nitrogens with one attached hydrogen (secondary N) is 4. The number of benzene rings is 1. The first-order chi connectivity index (χ1) is 16.6. The van der Waals surface area contributed by atoms with E-state index in [1.54, 1.807) is 30.5 Å². The molecule has 0 saturated heterocycles. The van der Waals surface area contributed by atoms with E-state index in [0.29, 0.717) is 5.56 Å². The molecule has 0 bridgehead atoms. The van der Waals surface area contributed by atoms with E-state index < -0.39 is 66.9 Å². The standard InChI is InChI=1S/C21H27N5O8S/c22-12(9-35)18(30)26-16(8-27)20(32)24-14(19(31)25-15(21(33)34)6-17(28)29)5-10-7-23-13-4-2-1-3-11(10)13/h1-4,7,12,14-16,23,27,35H,5-6,8-9,22H2,(H,24,32)(H,25,31)(H,26,30)(H,28,29)(H,33,34). The maximum atomic E-state index is 13.0. The minimum absolute atomic E-state index is 0.0165. The molecule has 190 valence electrons. The van der Waals surface area contributed by atoms with Crippen LogP contribution in [0.25, 0.3) is 10.9 Å². The molecule has 4 unspecified atom stereocenters. The third-order valence-electron chi connectivity index (χ3n) is 5.07. The van der Waals surface area contributed by atoms with Crippen molar-refractivity contribution in [1.82, 2.24) is 20.9 Å². The summed E-state index contributed by atoms with van der Waals surface area (Å²) in [6.07, 6.45) is 0.620. The number of thiol groups is 1. The van der Waals surface area contributed by atoms with Crippen molar-refractivity contribution in [3.05, 3.63) is 36.0 Å². The van der Waals surface area contributed by atoms with Gasteiger partial charge < -0.3 is 42.0 Å².